The molecular formula is C26H28ClF4NO8P+. The standard InChI is InChI=1S/C26H28ClF4NO8P/c1-22(2,3)38-26(40-41-35,39-23(4,5)6)37-21(34)32-18-12-14(25(29,30)31)8-10-16(18)24(28,20(32)33)17-13-15(27)9-11-19(17)36-7/h8-13,41H,1-7H3/q+1. The number of halogens is 5. The molecule has 0 spiro atoms. The number of alkyl halides is 4. The van der Waals surface area contributed by atoms with E-state index in [0.717, 1.165) is 12.1 Å². The number of anilines is 1. The first-order valence-electron chi connectivity index (χ1n) is 11.9. The molecule has 2 aromatic carbocycles. The van der Waals surface area contributed by atoms with Gasteiger partial charge in [-0.2, -0.15) is 13.2 Å². The lowest BCUT2D eigenvalue weighted by Gasteiger charge is -2.37. The Hall–Kier alpha value is -2.83. The van der Waals surface area contributed by atoms with Gasteiger partial charge in [0.05, 0.1) is 29.6 Å². The van der Waals surface area contributed by atoms with Crippen LogP contribution in [0.1, 0.15) is 58.2 Å². The Labute approximate surface area is 239 Å². The van der Waals surface area contributed by atoms with E-state index in [9.17, 15) is 27.3 Å². The van der Waals surface area contributed by atoms with Crippen LogP contribution < -0.4 is 9.64 Å². The van der Waals surface area contributed by atoms with Crippen LogP contribution in [0.3, 0.4) is 0 Å². The van der Waals surface area contributed by atoms with E-state index >= 15 is 4.39 Å². The minimum atomic E-state index is -4.93. The number of hydrogen-bond donors (Lipinski definition) is 0. The second-order valence-corrected chi connectivity index (χ2v) is 11.7. The summed E-state index contributed by atoms with van der Waals surface area (Å²) in [5.74, 6) is -1.83. The van der Waals surface area contributed by atoms with E-state index in [0.29, 0.717) is 12.1 Å². The molecule has 0 bridgehead atoms. The lowest BCUT2D eigenvalue weighted by Crippen LogP contribution is -2.53. The summed E-state index contributed by atoms with van der Waals surface area (Å²) in [7, 11) is -0.454. The van der Waals surface area contributed by atoms with E-state index in [1.807, 2.05) is 0 Å². The number of fused-ring (bicyclic) bond motifs is 1. The Morgan fingerprint density at radius 1 is 0.951 bits per heavy atom. The molecule has 41 heavy (non-hydrogen) atoms. The van der Waals surface area contributed by atoms with Gasteiger partial charge in [-0.1, -0.05) is 17.7 Å². The highest BCUT2D eigenvalue weighted by molar-refractivity contribution is 7.17. The van der Waals surface area contributed by atoms with Crippen molar-refractivity contribution in [1.29, 1.82) is 0 Å². The molecule has 1 aliphatic heterocycles. The Morgan fingerprint density at radius 3 is 2.02 bits per heavy atom. The zero-order valence-electron chi connectivity index (χ0n) is 23.1. The van der Waals surface area contributed by atoms with Crippen molar-refractivity contribution in [1.82, 2.24) is 0 Å². The molecule has 0 saturated heterocycles. The number of carbonyl (C=O) groups is 2. The summed E-state index contributed by atoms with van der Waals surface area (Å²) in [5.41, 5.74) is -8.82. The molecule has 9 nitrogen and oxygen atoms in total. The number of benzene rings is 2. The highest BCUT2D eigenvalue weighted by atomic mass is 35.5. The summed E-state index contributed by atoms with van der Waals surface area (Å²) in [6.45, 7) is 9.02. The smallest absolute Gasteiger partial charge is 0.496 e. The maximum absolute atomic E-state index is 17.1. The van der Waals surface area contributed by atoms with Crippen LogP contribution in [0.2, 0.25) is 5.02 Å². The molecule has 3 rings (SSSR count). The maximum Gasteiger partial charge on any atom is 0.508 e. The number of imide groups is 1. The van der Waals surface area contributed by atoms with Crippen molar-refractivity contribution in [3.8, 4) is 5.75 Å². The molecule has 0 aromatic heterocycles. The molecule has 224 valence electrons. The number of amides is 2. The molecule has 0 fully saturated rings. The number of nitrogens with zero attached hydrogens (tertiary/aromatic N) is 1. The normalized spacial score (nSPS) is 18.0. The first kappa shape index (κ1) is 32.7. The number of rotatable bonds is 7. The number of methoxy groups -OCH3 is 1. The van der Waals surface area contributed by atoms with Gasteiger partial charge in [-0.15, -0.1) is 0 Å². The molecule has 2 aromatic rings. The van der Waals surface area contributed by atoms with Crippen LogP contribution in [0.15, 0.2) is 36.4 Å². The largest absolute Gasteiger partial charge is 0.508 e. The minimum Gasteiger partial charge on any atom is -0.496 e. The zero-order valence-corrected chi connectivity index (χ0v) is 24.8. The van der Waals surface area contributed by atoms with Gasteiger partial charge in [-0.05, 0) is 81.0 Å². The molecule has 0 aliphatic carbocycles. The summed E-state index contributed by atoms with van der Waals surface area (Å²) in [6, 6.07) is 5.34. The van der Waals surface area contributed by atoms with Crippen molar-refractivity contribution in [2.24, 2.45) is 0 Å². The van der Waals surface area contributed by atoms with Gasteiger partial charge in [-0.25, -0.2) is 14.1 Å². The van der Waals surface area contributed by atoms with Crippen LogP contribution in [0.25, 0.3) is 0 Å². The first-order chi connectivity index (χ1) is 18.7. The Bertz CT molecular complexity index is 1340. The monoisotopic (exact) mass is 624 g/mol. The van der Waals surface area contributed by atoms with Gasteiger partial charge in [0.1, 0.15) is 5.75 Å². The van der Waals surface area contributed by atoms with Crippen LogP contribution in [0.4, 0.5) is 28.0 Å². The third-order valence-corrected chi connectivity index (χ3v) is 5.96. The van der Waals surface area contributed by atoms with Crippen molar-refractivity contribution in [2.45, 2.75) is 70.7 Å². The van der Waals surface area contributed by atoms with E-state index in [1.165, 1.54) is 60.8 Å². The third-order valence-electron chi connectivity index (χ3n) is 5.39. The molecule has 0 saturated carbocycles. The first-order valence-corrected chi connectivity index (χ1v) is 13.1. The minimum absolute atomic E-state index is 0.0267. The quantitative estimate of drug-likeness (QED) is 0.180. The summed E-state index contributed by atoms with van der Waals surface area (Å²) in [4.78, 5) is 27.4. The fourth-order valence-corrected chi connectivity index (χ4v) is 4.43. The summed E-state index contributed by atoms with van der Waals surface area (Å²) < 4.78 is 96.4. The Balaban J connectivity index is 2.26. The van der Waals surface area contributed by atoms with Crippen molar-refractivity contribution in [2.75, 3.05) is 12.0 Å². The Morgan fingerprint density at radius 2 is 1.54 bits per heavy atom. The number of carbonyl (C=O) groups excluding carboxylic acids is 2. The highest BCUT2D eigenvalue weighted by Gasteiger charge is 2.60. The van der Waals surface area contributed by atoms with Gasteiger partial charge < -0.3 is 9.47 Å². The molecule has 0 radical (unpaired) electrons. The second kappa shape index (κ2) is 11.1. The van der Waals surface area contributed by atoms with Gasteiger partial charge in [-0.3, -0.25) is 14.3 Å². The highest BCUT2D eigenvalue weighted by Crippen LogP contribution is 2.52. The van der Waals surface area contributed by atoms with Gasteiger partial charge in [0.15, 0.2) is 0 Å². The van der Waals surface area contributed by atoms with Crippen molar-refractivity contribution >= 4 is 38.0 Å². The summed E-state index contributed by atoms with van der Waals surface area (Å²) in [5, 5.41) is -0.0267. The predicted octanol–water partition coefficient (Wildman–Crippen LogP) is 7.26. The lowest BCUT2D eigenvalue weighted by atomic mass is 9.88. The van der Waals surface area contributed by atoms with Crippen LogP contribution >= 0.6 is 20.3 Å². The molecule has 2 amide bonds. The average Bonchev–Trinajstić information content (AvgIpc) is 3.03. The molecule has 0 N–H and O–H groups in total. The van der Waals surface area contributed by atoms with Gasteiger partial charge >= 0.3 is 27.1 Å². The van der Waals surface area contributed by atoms with Crippen LogP contribution in [0.5, 0.6) is 5.75 Å². The third kappa shape index (κ3) is 6.81. The number of ether oxygens (including phenoxy) is 4. The molecule has 2 unspecified atom stereocenters. The zero-order chi connectivity index (χ0) is 31.2. The van der Waals surface area contributed by atoms with Crippen LogP contribution in [-0.2, 0) is 39.9 Å². The average molecular weight is 625 g/mol. The van der Waals surface area contributed by atoms with E-state index in [2.05, 4.69) is 0 Å². The fourth-order valence-electron chi connectivity index (χ4n) is 4.03. The molecular weight excluding hydrogens is 597 g/mol. The van der Waals surface area contributed by atoms with E-state index < -0.39 is 72.3 Å². The lowest BCUT2D eigenvalue weighted by molar-refractivity contribution is -0.486. The van der Waals surface area contributed by atoms with E-state index in [4.69, 9.17) is 35.1 Å². The summed E-state index contributed by atoms with van der Waals surface area (Å²) >= 11 is 6.05. The fraction of sp³-hybridized carbons (Fsp3) is 0.462. The van der Waals surface area contributed by atoms with Crippen LogP contribution in [0, 0.1) is 0 Å². The van der Waals surface area contributed by atoms with Gasteiger partial charge in [0.25, 0.3) is 5.91 Å². The molecule has 1 aliphatic rings. The Kier molecular flexibility index (Phi) is 8.85. The van der Waals surface area contributed by atoms with Gasteiger partial charge in [0.2, 0.25) is 5.67 Å². The SMILES string of the molecule is COc1ccc(Cl)cc1C1(F)C(=O)N(C(=O)OC(O[PH+]=O)(OC(C)(C)C)OC(C)(C)C)c2cc(C(F)(F)F)ccc21. The van der Waals surface area contributed by atoms with Crippen molar-refractivity contribution in [3.05, 3.63) is 58.1 Å². The molecule has 1 heterocycles. The van der Waals surface area contributed by atoms with Crippen molar-refractivity contribution in [3.63, 3.8) is 0 Å². The molecule has 15 heteroatoms. The van der Waals surface area contributed by atoms with Crippen molar-refractivity contribution < 1.29 is 55.2 Å². The second-order valence-electron chi connectivity index (χ2n) is 10.9. The van der Waals surface area contributed by atoms with Crippen LogP contribution in [-0.4, -0.2) is 36.5 Å². The molecule has 2 atom stereocenters. The predicted molar refractivity (Wildman–Crippen MR) is 140 cm³/mol. The maximum atomic E-state index is 17.1. The van der Waals surface area contributed by atoms with E-state index in [1.54, 1.807) is 0 Å². The number of hydrogen-bond acceptors (Lipinski definition) is 8. The van der Waals surface area contributed by atoms with Gasteiger partial charge in [0, 0.05) is 16.1 Å². The summed E-state index contributed by atoms with van der Waals surface area (Å²) in [6.07, 6.45) is -9.54. The topological polar surface area (TPSA) is 101 Å². The van der Waals surface area contributed by atoms with E-state index in [-0.39, 0.29) is 15.7 Å².